The Labute approximate surface area is 432 Å². The van der Waals surface area contributed by atoms with Gasteiger partial charge in [0, 0.05) is 75.1 Å². The summed E-state index contributed by atoms with van der Waals surface area (Å²) in [7, 11) is 0. The number of aliphatic hydroxyl groups excluding tert-OH is 1. The Kier molecular flexibility index (Phi) is 14.7. The number of piperidine rings is 1. The van der Waals surface area contributed by atoms with Crippen molar-refractivity contribution in [3.63, 3.8) is 0 Å². The fraction of sp³-hybridized carbons (Fsp3) is 0.527. The van der Waals surface area contributed by atoms with Crippen LogP contribution in [-0.4, -0.2) is 132 Å². The molecule has 2 bridgehead atoms. The molecule has 4 aliphatic heterocycles. The normalized spacial score (nSPS) is 24.2. The number of likely N-dealkylation sites (tertiary alicyclic amines) is 2. The monoisotopic (exact) mass is 1010 g/mol. The van der Waals surface area contributed by atoms with E-state index in [9.17, 15) is 24.6 Å². The summed E-state index contributed by atoms with van der Waals surface area (Å²) in [5.74, 6) is 1.29. The molecule has 10 rings (SSSR count). The third kappa shape index (κ3) is 11.0. The Morgan fingerprint density at radius 3 is 2.22 bits per heavy atom. The minimum absolute atomic E-state index is 0.0410. The van der Waals surface area contributed by atoms with Crippen LogP contribution in [0, 0.1) is 24.2 Å². The summed E-state index contributed by atoms with van der Waals surface area (Å²) < 4.78 is 0. The van der Waals surface area contributed by atoms with Crippen molar-refractivity contribution >= 4 is 46.5 Å². The quantitative estimate of drug-likeness (QED) is 0.0874. The van der Waals surface area contributed by atoms with Crippen LogP contribution in [0.25, 0.3) is 21.7 Å². The molecule has 3 aromatic heterocycles. The van der Waals surface area contributed by atoms with Crippen LogP contribution in [0.15, 0.2) is 72.5 Å². The molecule has 17 nitrogen and oxygen atoms in total. The lowest BCUT2D eigenvalue weighted by molar-refractivity contribution is -0.144. The van der Waals surface area contributed by atoms with Crippen molar-refractivity contribution in [1.82, 2.24) is 45.6 Å². The van der Waals surface area contributed by atoms with Crippen LogP contribution in [0.1, 0.15) is 101 Å². The maximum atomic E-state index is 14.3. The molecule has 73 heavy (non-hydrogen) atoms. The van der Waals surface area contributed by atoms with Crippen LogP contribution in [0.3, 0.4) is 0 Å². The fourth-order valence-electron chi connectivity index (χ4n) is 12.0. The molecule has 4 saturated heterocycles. The van der Waals surface area contributed by atoms with E-state index >= 15 is 0 Å². The van der Waals surface area contributed by atoms with Crippen molar-refractivity contribution in [2.45, 2.75) is 128 Å². The number of nitrogens with two attached hydrogens (primary N) is 1. The van der Waals surface area contributed by atoms with E-state index in [0.29, 0.717) is 28.9 Å². The highest BCUT2D eigenvalue weighted by Crippen LogP contribution is 2.39. The molecule has 0 radical (unpaired) electrons. The third-order valence-electron chi connectivity index (χ3n) is 16.2. The lowest BCUT2D eigenvalue weighted by Crippen LogP contribution is -2.58. The number of thiazole rings is 1. The predicted molar refractivity (Wildman–Crippen MR) is 283 cm³/mol. The lowest BCUT2D eigenvalue weighted by Gasteiger charge is -2.42. The number of aromatic nitrogens is 5. The SMILES string of the molecule is Cc1ncsc1-c1ccc(CNC(=O)[C@@H]2C[C@@H](O)CN2C(=O)[C@@H](NC(=O)C2CCC(CN3CCC(c4cnc(N5C6CCC5CN(c5cc(-c7ccccc7O)nnc5N)C6)nc4)CC3)CC2)C(C)(C)C)cc1. The van der Waals surface area contributed by atoms with Crippen LogP contribution in [-0.2, 0) is 20.9 Å². The Morgan fingerprint density at radius 1 is 0.863 bits per heavy atom. The Balaban J connectivity index is 0.670. The first kappa shape index (κ1) is 50.3. The first-order valence-electron chi connectivity index (χ1n) is 26.2. The molecule has 2 unspecified atom stereocenters. The fourth-order valence-corrected chi connectivity index (χ4v) is 12.8. The number of benzene rings is 2. The van der Waals surface area contributed by atoms with Crippen LogP contribution < -0.4 is 26.2 Å². The zero-order chi connectivity index (χ0) is 51.0. The van der Waals surface area contributed by atoms with Crippen molar-refractivity contribution in [2.24, 2.45) is 17.3 Å². The molecule has 18 heteroatoms. The number of rotatable bonds is 13. The summed E-state index contributed by atoms with van der Waals surface area (Å²) >= 11 is 1.59. The number of piperazine rings is 1. The van der Waals surface area contributed by atoms with E-state index < -0.39 is 23.6 Å². The summed E-state index contributed by atoms with van der Waals surface area (Å²) in [5, 5.41) is 35.8. The smallest absolute Gasteiger partial charge is 0.246 e. The number of nitrogens with one attached hydrogen (secondary N) is 2. The van der Waals surface area contributed by atoms with E-state index in [2.05, 4.69) is 40.5 Å². The van der Waals surface area contributed by atoms with Crippen molar-refractivity contribution in [3.8, 4) is 27.4 Å². The number of phenols is 1. The highest BCUT2D eigenvalue weighted by atomic mass is 32.1. The highest BCUT2D eigenvalue weighted by Gasteiger charge is 2.46. The van der Waals surface area contributed by atoms with E-state index in [1.165, 1.54) is 10.5 Å². The minimum atomic E-state index is -0.848. The number of aromatic hydroxyl groups is 1. The maximum Gasteiger partial charge on any atom is 0.246 e. The van der Waals surface area contributed by atoms with Gasteiger partial charge in [-0.05, 0) is 124 Å². The van der Waals surface area contributed by atoms with Crippen molar-refractivity contribution in [3.05, 3.63) is 89.3 Å². The van der Waals surface area contributed by atoms with E-state index in [-0.39, 0.29) is 61.0 Å². The topological polar surface area (TPSA) is 219 Å². The molecular weight excluding hydrogens is 941 g/mol. The number of nitrogen functional groups attached to an aromatic ring is 1. The second kappa shape index (κ2) is 21.3. The van der Waals surface area contributed by atoms with E-state index in [0.717, 1.165) is 117 Å². The van der Waals surface area contributed by atoms with Gasteiger partial charge < -0.3 is 46.2 Å². The summed E-state index contributed by atoms with van der Waals surface area (Å²) in [6.45, 7) is 12.7. The molecular formula is C55H70N12O5S. The van der Waals surface area contributed by atoms with E-state index in [1.807, 2.05) is 88.1 Å². The average Bonchev–Trinajstić information content (AvgIpc) is 4.08. The number of fused-ring (bicyclic) bond motifs is 2. The number of carbonyl (C=O) groups is 3. The van der Waals surface area contributed by atoms with Crippen LogP contribution in [0.4, 0.5) is 17.5 Å². The Hall–Kier alpha value is -6.24. The van der Waals surface area contributed by atoms with Gasteiger partial charge in [-0.2, -0.15) is 0 Å². The van der Waals surface area contributed by atoms with Crippen LogP contribution in [0.2, 0.25) is 0 Å². The predicted octanol–water partition coefficient (Wildman–Crippen LogP) is 6.31. The van der Waals surface area contributed by atoms with Gasteiger partial charge in [-0.3, -0.25) is 14.4 Å². The van der Waals surface area contributed by atoms with Gasteiger partial charge in [0.25, 0.3) is 0 Å². The molecule has 6 N–H and O–H groups in total. The van der Waals surface area contributed by atoms with E-state index in [1.54, 1.807) is 23.5 Å². The van der Waals surface area contributed by atoms with Gasteiger partial charge in [0.1, 0.15) is 17.8 Å². The number of hydrogen-bond acceptors (Lipinski definition) is 15. The number of carbonyl (C=O) groups excluding carboxylic acids is 3. The number of aryl methyl sites for hydroxylation is 1. The number of anilines is 3. The van der Waals surface area contributed by atoms with Crippen molar-refractivity contribution < 1.29 is 24.6 Å². The van der Waals surface area contributed by atoms with Gasteiger partial charge in [0.2, 0.25) is 23.7 Å². The van der Waals surface area contributed by atoms with Gasteiger partial charge in [0.15, 0.2) is 5.82 Å². The van der Waals surface area contributed by atoms with Gasteiger partial charge in [-0.1, -0.05) is 57.2 Å². The van der Waals surface area contributed by atoms with Gasteiger partial charge >= 0.3 is 0 Å². The van der Waals surface area contributed by atoms with Crippen LogP contribution in [0.5, 0.6) is 5.75 Å². The number of amides is 3. The molecule has 5 fully saturated rings. The summed E-state index contributed by atoms with van der Waals surface area (Å²) in [4.78, 5) is 66.0. The minimum Gasteiger partial charge on any atom is -0.507 e. The first-order valence-corrected chi connectivity index (χ1v) is 27.1. The zero-order valence-corrected chi connectivity index (χ0v) is 43.3. The van der Waals surface area contributed by atoms with Gasteiger partial charge in [-0.25, -0.2) is 15.0 Å². The molecule has 1 aliphatic carbocycles. The highest BCUT2D eigenvalue weighted by molar-refractivity contribution is 7.13. The molecule has 7 heterocycles. The van der Waals surface area contributed by atoms with E-state index in [4.69, 9.17) is 15.7 Å². The van der Waals surface area contributed by atoms with Crippen LogP contribution >= 0.6 is 11.3 Å². The summed E-state index contributed by atoms with van der Waals surface area (Å²) in [6, 6.07) is 15.9. The standard InChI is InChI=1S/C55H70N12O5S/c1-33-48(73-32-60-33)37-13-9-34(10-14-37)25-57-52(71)46-23-42(68)31-66(46)53(72)49(55(2,3)4)61-51(70)38-15-11-35(12-16-38)28-64-21-19-36(20-22-64)39-26-58-54(59-27-39)67-40-17-18-41(67)30-65(29-40)45-24-44(62-63-50(45)56)43-7-5-6-8-47(43)69/h5-10,13-14,24,26-27,32,35-36,38,40-42,46,49,68-69H,11-12,15-23,25,28-31H2,1-4H3,(H2,56,63)(H,57,71)(H,61,70)/t35?,38?,40?,41?,42-,46+,49-/m1/s1. The lowest BCUT2D eigenvalue weighted by atomic mass is 9.80. The van der Waals surface area contributed by atoms with Crippen molar-refractivity contribution in [2.75, 3.05) is 54.8 Å². The molecule has 3 amide bonds. The molecule has 0 spiro atoms. The molecule has 5 aromatic rings. The summed E-state index contributed by atoms with van der Waals surface area (Å²) in [6.07, 6.45) is 11.0. The van der Waals surface area contributed by atoms with Crippen molar-refractivity contribution in [1.29, 1.82) is 0 Å². The maximum absolute atomic E-state index is 14.3. The largest absolute Gasteiger partial charge is 0.507 e. The second-order valence-corrected chi connectivity index (χ2v) is 23.1. The number of nitrogens with zero attached hydrogens (tertiary/aromatic N) is 9. The first-order chi connectivity index (χ1) is 35.2. The number of β-amino-alcohol motifs (C(OH)–C–C–N with tert-alkyl or cyclic N) is 1. The third-order valence-corrected chi connectivity index (χ3v) is 17.2. The molecule has 1 saturated carbocycles. The number of para-hydroxylation sites is 1. The summed E-state index contributed by atoms with van der Waals surface area (Å²) in [5.41, 5.74) is 13.8. The molecule has 5 atom stereocenters. The van der Waals surface area contributed by atoms with Gasteiger partial charge in [-0.15, -0.1) is 21.5 Å². The molecule has 5 aliphatic rings. The Bertz CT molecular complexity index is 2740. The second-order valence-electron chi connectivity index (χ2n) is 22.2. The molecule has 386 valence electrons. The average molecular weight is 1010 g/mol. The number of phenolic OH excluding ortho intramolecular Hbond substituents is 1. The molecule has 2 aromatic carbocycles. The Morgan fingerprint density at radius 2 is 1.56 bits per heavy atom. The zero-order valence-electron chi connectivity index (χ0n) is 42.5. The number of hydrogen-bond donors (Lipinski definition) is 5. The van der Waals surface area contributed by atoms with Gasteiger partial charge in [0.05, 0.1) is 33.6 Å². The number of aliphatic hydroxyl groups is 1.